The summed E-state index contributed by atoms with van der Waals surface area (Å²) in [5.74, 6) is -0.885. The van der Waals surface area contributed by atoms with Gasteiger partial charge in [0.05, 0.1) is 0 Å². The van der Waals surface area contributed by atoms with Crippen molar-refractivity contribution in [2.45, 2.75) is 27.7 Å². The number of carboxylic acid groups (broad SMARTS) is 1. The molecule has 0 saturated carbocycles. The van der Waals surface area contributed by atoms with Crippen LogP contribution in [0.1, 0.15) is 29.3 Å². The van der Waals surface area contributed by atoms with Gasteiger partial charge in [-0.05, 0) is 79.8 Å². The maximum absolute atomic E-state index is 11.0. The summed E-state index contributed by atoms with van der Waals surface area (Å²) >= 11 is 0. The predicted octanol–water partition coefficient (Wildman–Crippen LogP) is 5.25. The molecule has 1 heterocycles. The number of carboxylic acids is 1. The number of hydrogen-bond acceptors (Lipinski definition) is 1. The van der Waals surface area contributed by atoms with Gasteiger partial charge in [-0.1, -0.05) is 18.2 Å². The molecule has 3 nitrogen and oxygen atoms in total. The number of hydrogen-bond donors (Lipinski definition) is 2. The maximum atomic E-state index is 11.0. The lowest BCUT2D eigenvalue weighted by Gasteiger charge is -2.11. The van der Waals surface area contributed by atoms with Crippen molar-refractivity contribution in [3.05, 3.63) is 64.4 Å². The van der Waals surface area contributed by atoms with E-state index in [2.05, 4.69) is 55.2 Å². The van der Waals surface area contributed by atoms with E-state index in [1.165, 1.54) is 16.5 Å². The molecule has 0 spiro atoms. The summed E-state index contributed by atoms with van der Waals surface area (Å²) in [6.45, 7) is 7.76. The van der Waals surface area contributed by atoms with Gasteiger partial charge in [0.2, 0.25) is 0 Å². The minimum atomic E-state index is -0.885. The van der Waals surface area contributed by atoms with Gasteiger partial charge in [0, 0.05) is 22.2 Å². The van der Waals surface area contributed by atoms with E-state index in [1.807, 2.05) is 6.92 Å². The Balaban J connectivity index is 2.09. The van der Waals surface area contributed by atoms with Crippen LogP contribution in [0.5, 0.6) is 0 Å². The molecule has 0 fully saturated rings. The zero-order valence-electron chi connectivity index (χ0n) is 14.4. The smallest absolute Gasteiger partial charge is 0.331 e. The first-order valence-electron chi connectivity index (χ1n) is 7.98. The second kappa shape index (κ2) is 6.00. The fraction of sp³-hybridized carbons (Fsp3) is 0.190. The Labute approximate surface area is 141 Å². The van der Waals surface area contributed by atoms with E-state index < -0.39 is 5.97 Å². The lowest BCUT2D eigenvalue weighted by molar-refractivity contribution is -0.132. The summed E-state index contributed by atoms with van der Waals surface area (Å²) in [5.41, 5.74) is 8.15. The highest BCUT2D eigenvalue weighted by atomic mass is 16.4. The van der Waals surface area contributed by atoms with Gasteiger partial charge >= 0.3 is 5.97 Å². The van der Waals surface area contributed by atoms with Gasteiger partial charge in [0.1, 0.15) is 0 Å². The Morgan fingerprint density at radius 2 is 1.79 bits per heavy atom. The molecule has 1 aromatic heterocycles. The second-order valence-corrected chi connectivity index (χ2v) is 6.41. The number of aromatic nitrogens is 1. The van der Waals surface area contributed by atoms with Crippen LogP contribution in [0, 0.1) is 20.8 Å². The van der Waals surface area contributed by atoms with Crippen molar-refractivity contribution >= 4 is 22.9 Å². The van der Waals surface area contributed by atoms with Crippen LogP contribution in [0.25, 0.3) is 28.1 Å². The molecular formula is C21H21NO2. The maximum Gasteiger partial charge on any atom is 0.331 e. The number of aliphatic carboxylic acids is 1. The van der Waals surface area contributed by atoms with Crippen LogP contribution in [0.15, 0.2) is 42.0 Å². The van der Waals surface area contributed by atoms with Crippen LogP contribution in [0.2, 0.25) is 0 Å². The number of aryl methyl sites for hydroxylation is 3. The number of nitrogens with one attached hydrogen (secondary N) is 1. The van der Waals surface area contributed by atoms with Gasteiger partial charge in [-0.15, -0.1) is 0 Å². The average Bonchev–Trinajstić information content (AvgIpc) is 2.89. The molecule has 0 radical (unpaired) electrons. The fourth-order valence-electron chi connectivity index (χ4n) is 3.05. The van der Waals surface area contributed by atoms with Crippen molar-refractivity contribution < 1.29 is 9.90 Å². The molecular weight excluding hydrogens is 298 g/mol. The highest BCUT2D eigenvalue weighted by Crippen LogP contribution is 2.30. The molecule has 0 bridgehead atoms. The summed E-state index contributed by atoms with van der Waals surface area (Å²) in [6, 6.07) is 12.8. The van der Waals surface area contributed by atoms with Crippen LogP contribution in [-0.4, -0.2) is 16.1 Å². The van der Waals surface area contributed by atoms with Crippen molar-refractivity contribution in [3.8, 4) is 11.1 Å². The Kier molecular flexibility index (Phi) is 4.02. The first-order valence-corrected chi connectivity index (χ1v) is 7.98. The zero-order valence-corrected chi connectivity index (χ0v) is 14.4. The van der Waals surface area contributed by atoms with Crippen LogP contribution < -0.4 is 0 Å². The Morgan fingerprint density at radius 1 is 1.04 bits per heavy atom. The van der Waals surface area contributed by atoms with Crippen molar-refractivity contribution in [2.75, 3.05) is 0 Å². The summed E-state index contributed by atoms with van der Waals surface area (Å²) in [4.78, 5) is 14.4. The number of carbonyl (C=O) groups is 1. The molecule has 0 aliphatic heterocycles. The third-order valence-electron chi connectivity index (χ3n) is 4.39. The van der Waals surface area contributed by atoms with Gasteiger partial charge in [-0.3, -0.25) is 0 Å². The number of benzene rings is 2. The van der Waals surface area contributed by atoms with Crippen LogP contribution in [-0.2, 0) is 4.79 Å². The normalized spacial score (nSPS) is 11.9. The van der Waals surface area contributed by atoms with E-state index in [4.69, 9.17) is 5.11 Å². The van der Waals surface area contributed by atoms with Crippen LogP contribution in [0.4, 0.5) is 0 Å². The minimum absolute atomic E-state index is 0.342. The standard InChI is InChI=1S/C21H21NO2/c1-12-9-19(13(2)7-17(12)8-14(3)21(23)24)16-5-6-20-18(11-16)10-15(4)22-20/h5-11,22H,1-4H3,(H,23,24). The molecule has 3 rings (SSSR count). The van der Waals surface area contributed by atoms with Crippen molar-refractivity contribution in [2.24, 2.45) is 0 Å². The van der Waals surface area contributed by atoms with Gasteiger partial charge in [-0.2, -0.15) is 0 Å². The number of aromatic amines is 1. The van der Waals surface area contributed by atoms with Crippen molar-refractivity contribution in [3.63, 3.8) is 0 Å². The highest BCUT2D eigenvalue weighted by molar-refractivity contribution is 5.92. The molecule has 0 amide bonds. The minimum Gasteiger partial charge on any atom is -0.478 e. The SMILES string of the molecule is CC(=Cc1cc(C)c(-c2ccc3[nH]c(C)cc3c2)cc1C)C(=O)O. The molecule has 0 aliphatic rings. The van der Waals surface area contributed by atoms with E-state index in [9.17, 15) is 4.79 Å². The third-order valence-corrected chi connectivity index (χ3v) is 4.39. The van der Waals surface area contributed by atoms with Gasteiger partial charge in [0.15, 0.2) is 0 Å². The molecule has 24 heavy (non-hydrogen) atoms. The molecule has 122 valence electrons. The molecule has 3 aromatic rings. The predicted molar refractivity (Wildman–Crippen MR) is 99.2 cm³/mol. The summed E-state index contributed by atoms with van der Waals surface area (Å²) < 4.78 is 0. The molecule has 0 atom stereocenters. The number of rotatable bonds is 3. The Morgan fingerprint density at radius 3 is 2.50 bits per heavy atom. The largest absolute Gasteiger partial charge is 0.478 e. The summed E-state index contributed by atoms with van der Waals surface area (Å²) in [6.07, 6.45) is 1.73. The quantitative estimate of drug-likeness (QED) is 0.648. The first-order chi connectivity index (χ1) is 11.3. The van der Waals surface area contributed by atoms with E-state index in [-0.39, 0.29) is 0 Å². The van der Waals surface area contributed by atoms with Gasteiger partial charge < -0.3 is 10.1 Å². The van der Waals surface area contributed by atoms with Crippen LogP contribution in [0.3, 0.4) is 0 Å². The Bertz CT molecular complexity index is 977. The van der Waals surface area contributed by atoms with E-state index in [1.54, 1.807) is 13.0 Å². The topological polar surface area (TPSA) is 53.1 Å². The lowest BCUT2D eigenvalue weighted by Crippen LogP contribution is -1.97. The van der Waals surface area contributed by atoms with E-state index >= 15 is 0 Å². The second-order valence-electron chi connectivity index (χ2n) is 6.41. The molecule has 0 saturated heterocycles. The lowest BCUT2D eigenvalue weighted by atomic mass is 9.93. The number of H-pyrrole nitrogens is 1. The molecule has 0 unspecified atom stereocenters. The van der Waals surface area contributed by atoms with Gasteiger partial charge in [-0.25, -0.2) is 4.79 Å². The van der Waals surface area contributed by atoms with Crippen molar-refractivity contribution in [1.82, 2.24) is 4.98 Å². The molecule has 2 N–H and O–H groups in total. The zero-order chi connectivity index (χ0) is 17.4. The molecule has 0 aliphatic carbocycles. The Hall–Kier alpha value is -2.81. The highest BCUT2D eigenvalue weighted by Gasteiger charge is 2.09. The number of fused-ring (bicyclic) bond motifs is 1. The fourth-order valence-corrected chi connectivity index (χ4v) is 3.05. The summed E-state index contributed by atoms with van der Waals surface area (Å²) in [7, 11) is 0. The van der Waals surface area contributed by atoms with E-state index in [0.29, 0.717) is 5.57 Å². The van der Waals surface area contributed by atoms with Gasteiger partial charge in [0.25, 0.3) is 0 Å². The molecule has 2 aromatic carbocycles. The van der Waals surface area contributed by atoms with E-state index in [0.717, 1.165) is 27.9 Å². The first kappa shape index (κ1) is 16.1. The third kappa shape index (κ3) is 2.98. The summed E-state index contributed by atoms with van der Waals surface area (Å²) in [5, 5.41) is 10.3. The van der Waals surface area contributed by atoms with Crippen molar-refractivity contribution in [1.29, 1.82) is 0 Å². The van der Waals surface area contributed by atoms with Crippen LogP contribution >= 0.6 is 0 Å². The monoisotopic (exact) mass is 319 g/mol. The molecule has 3 heteroatoms. The average molecular weight is 319 g/mol.